The summed E-state index contributed by atoms with van der Waals surface area (Å²) >= 11 is 0. The molecule has 2 amide bonds. The Hall–Kier alpha value is -5.12. The first-order valence-corrected chi connectivity index (χ1v) is 14.9. The fourth-order valence-electron chi connectivity index (χ4n) is 4.66. The van der Waals surface area contributed by atoms with Crippen molar-refractivity contribution in [2.75, 3.05) is 59.8 Å². The summed E-state index contributed by atoms with van der Waals surface area (Å²) in [4.78, 5) is 39.8. The van der Waals surface area contributed by atoms with E-state index >= 15 is 0 Å². The van der Waals surface area contributed by atoms with Crippen LogP contribution in [-0.4, -0.2) is 111 Å². The fraction of sp³-hybridized carbons (Fsp3) is 0.406. The first-order valence-electron chi connectivity index (χ1n) is 14.9. The fourth-order valence-corrected chi connectivity index (χ4v) is 4.66. The summed E-state index contributed by atoms with van der Waals surface area (Å²) in [7, 11) is 1.55. The molecule has 0 spiro atoms. The molecule has 1 aliphatic heterocycles. The molecule has 50 heavy (non-hydrogen) atoms. The number of hydrogen-bond acceptors (Lipinski definition) is 10. The number of carboxylic acid groups (broad SMARTS) is 1. The van der Waals surface area contributed by atoms with Gasteiger partial charge >= 0.3 is 12.1 Å². The third-order valence-electron chi connectivity index (χ3n) is 6.99. The highest BCUT2D eigenvalue weighted by Crippen LogP contribution is 2.35. The van der Waals surface area contributed by atoms with Crippen LogP contribution in [-0.2, 0) is 19.1 Å². The molecule has 1 aliphatic rings. The molecule has 1 aromatic heterocycles. The number of nitrogens with one attached hydrogen (secondary N) is 1. The van der Waals surface area contributed by atoms with Gasteiger partial charge in [-0.2, -0.15) is 18.4 Å². The minimum atomic E-state index is -5.08. The molecule has 1 fully saturated rings. The maximum atomic E-state index is 13.8. The molecule has 0 bridgehead atoms. The van der Waals surface area contributed by atoms with Crippen LogP contribution in [0, 0.1) is 11.3 Å². The Morgan fingerprint density at radius 3 is 2.40 bits per heavy atom. The molecule has 2 aromatic carbocycles. The van der Waals surface area contributed by atoms with Gasteiger partial charge in [0, 0.05) is 36.2 Å². The molecule has 0 saturated carbocycles. The molecule has 2 heterocycles. The van der Waals surface area contributed by atoms with E-state index in [2.05, 4.69) is 10.3 Å². The Morgan fingerprint density at radius 1 is 1.08 bits per heavy atom. The molecule has 18 heteroatoms. The minimum absolute atomic E-state index is 0.240. The molecule has 0 radical (unpaired) electrons. The van der Waals surface area contributed by atoms with Gasteiger partial charge in [-0.15, -0.1) is 0 Å². The largest absolute Gasteiger partial charge is 0.497 e. The van der Waals surface area contributed by atoms with Gasteiger partial charge < -0.3 is 40.0 Å². The number of alkyl halides is 5. The summed E-state index contributed by atoms with van der Waals surface area (Å²) < 4.78 is 81.5. The highest BCUT2D eigenvalue weighted by atomic mass is 19.4. The lowest BCUT2D eigenvalue weighted by atomic mass is 9.99. The monoisotopic (exact) mass is 711 g/mol. The van der Waals surface area contributed by atoms with Gasteiger partial charge in [0.15, 0.2) is 0 Å². The first kappa shape index (κ1) is 39.3. The SMILES string of the molecule is COc1ccc(-c2ccc3nccc(C(=O)NCC(=O)N4CC(F)(F)C[C@H]4C#N)c3c2)c(OCCOCCOCCN)c1.O=C(O)C(F)(F)F. The van der Waals surface area contributed by atoms with E-state index in [1.165, 1.54) is 12.3 Å². The number of nitrogens with zero attached hydrogens (tertiary/aromatic N) is 3. The maximum absolute atomic E-state index is 13.8. The van der Waals surface area contributed by atoms with Crippen molar-refractivity contribution in [3.05, 3.63) is 54.2 Å². The molecule has 3 aromatic rings. The molecule has 1 atom stereocenters. The maximum Gasteiger partial charge on any atom is 0.490 e. The number of ether oxygens (including phenoxy) is 4. The van der Waals surface area contributed by atoms with Gasteiger partial charge in [0.05, 0.1) is 63.8 Å². The highest BCUT2D eigenvalue weighted by molar-refractivity contribution is 6.07. The van der Waals surface area contributed by atoms with Crippen molar-refractivity contribution in [2.45, 2.75) is 24.6 Å². The van der Waals surface area contributed by atoms with Crippen LogP contribution in [0.2, 0.25) is 0 Å². The number of aliphatic carboxylic acids is 1. The van der Waals surface area contributed by atoms with Crippen LogP contribution in [0.4, 0.5) is 22.0 Å². The second-order valence-electron chi connectivity index (χ2n) is 10.5. The standard InChI is InChI=1S/C30H33F2N5O6.C2HF3O2/c1-40-22-3-4-23(27(15-22)43-13-12-42-11-10-41-9-7-33)20-2-5-26-25(14-20)24(6-8-35-26)29(39)36-18-28(38)37-19-30(31,32)16-21(37)17-34;3-2(4,5)1(6)7/h2-6,8,14-15,21H,7,9-13,16,18-19,33H2,1H3,(H,36,39);(H,6,7)/t21-;/m0./s1. The Morgan fingerprint density at radius 2 is 1.76 bits per heavy atom. The number of nitrogens with two attached hydrogens (primary N) is 1. The van der Waals surface area contributed by atoms with Crippen LogP contribution in [0.1, 0.15) is 16.8 Å². The van der Waals surface area contributed by atoms with Crippen molar-refractivity contribution < 1.29 is 60.4 Å². The van der Waals surface area contributed by atoms with Crippen molar-refractivity contribution in [3.63, 3.8) is 0 Å². The smallest absolute Gasteiger partial charge is 0.490 e. The van der Waals surface area contributed by atoms with Crippen LogP contribution < -0.4 is 20.5 Å². The molecule has 13 nitrogen and oxygen atoms in total. The molecule has 4 N–H and O–H groups in total. The Balaban J connectivity index is 0.000000872. The molecular formula is C32H34F5N5O8. The van der Waals surface area contributed by atoms with Crippen LogP contribution >= 0.6 is 0 Å². The van der Waals surface area contributed by atoms with E-state index in [0.717, 1.165) is 16.0 Å². The van der Waals surface area contributed by atoms with Crippen LogP contribution in [0.25, 0.3) is 22.0 Å². The zero-order chi connectivity index (χ0) is 36.9. The normalized spacial score (nSPS) is 15.1. The first-order chi connectivity index (χ1) is 23.7. The van der Waals surface area contributed by atoms with Crippen molar-refractivity contribution in [1.82, 2.24) is 15.2 Å². The van der Waals surface area contributed by atoms with E-state index in [1.807, 2.05) is 12.1 Å². The average molecular weight is 712 g/mol. The third-order valence-corrected chi connectivity index (χ3v) is 6.99. The number of halogens is 5. The predicted molar refractivity (Wildman–Crippen MR) is 167 cm³/mol. The van der Waals surface area contributed by atoms with Crippen molar-refractivity contribution >= 4 is 28.7 Å². The summed E-state index contributed by atoms with van der Waals surface area (Å²) in [5.41, 5.74) is 7.63. The van der Waals surface area contributed by atoms with Gasteiger partial charge in [-0.1, -0.05) is 6.07 Å². The van der Waals surface area contributed by atoms with Gasteiger partial charge in [-0.3, -0.25) is 14.6 Å². The van der Waals surface area contributed by atoms with Crippen LogP contribution in [0.15, 0.2) is 48.7 Å². The number of likely N-dealkylation sites (tertiary alicyclic amines) is 1. The van der Waals surface area contributed by atoms with E-state index in [0.29, 0.717) is 55.4 Å². The van der Waals surface area contributed by atoms with Gasteiger partial charge in [-0.25, -0.2) is 13.6 Å². The summed E-state index contributed by atoms with van der Waals surface area (Å²) in [6, 6.07) is 12.8. The zero-order valence-electron chi connectivity index (χ0n) is 26.7. The van der Waals surface area contributed by atoms with Crippen molar-refractivity contribution in [1.29, 1.82) is 5.26 Å². The van der Waals surface area contributed by atoms with E-state index in [9.17, 15) is 31.5 Å². The number of methoxy groups -OCH3 is 1. The topological polar surface area (TPSA) is 186 Å². The number of fused-ring (bicyclic) bond motifs is 1. The Labute approximate surface area is 282 Å². The number of pyridine rings is 1. The van der Waals surface area contributed by atoms with Crippen molar-refractivity contribution in [2.24, 2.45) is 5.73 Å². The van der Waals surface area contributed by atoms with Crippen LogP contribution in [0.3, 0.4) is 0 Å². The van der Waals surface area contributed by atoms with Gasteiger partial charge in [0.1, 0.15) is 24.1 Å². The van der Waals surface area contributed by atoms with Crippen molar-refractivity contribution in [3.8, 4) is 28.7 Å². The number of hydrogen-bond donors (Lipinski definition) is 3. The second-order valence-corrected chi connectivity index (χ2v) is 10.5. The lowest BCUT2D eigenvalue weighted by Crippen LogP contribution is -2.43. The third kappa shape index (κ3) is 11.2. The molecule has 0 aliphatic carbocycles. The molecule has 270 valence electrons. The molecule has 4 rings (SSSR count). The van der Waals surface area contributed by atoms with E-state index in [-0.39, 0.29) is 12.2 Å². The number of carbonyl (C=O) groups excluding carboxylic acids is 2. The molecule has 1 saturated heterocycles. The quantitative estimate of drug-likeness (QED) is 0.164. The van der Waals surface area contributed by atoms with E-state index < -0.39 is 55.4 Å². The summed E-state index contributed by atoms with van der Waals surface area (Å²) in [5, 5.41) is 19.3. The Kier molecular flexibility index (Phi) is 14.2. The second kappa shape index (κ2) is 18.0. The number of nitriles is 1. The lowest BCUT2D eigenvalue weighted by Gasteiger charge is -2.19. The molecular weight excluding hydrogens is 677 g/mol. The number of carboxylic acids is 1. The zero-order valence-corrected chi connectivity index (χ0v) is 26.7. The minimum Gasteiger partial charge on any atom is -0.497 e. The summed E-state index contributed by atoms with van der Waals surface area (Å²) in [6.45, 7) is 0.971. The molecule has 0 unspecified atom stereocenters. The number of aromatic nitrogens is 1. The van der Waals surface area contributed by atoms with E-state index in [1.54, 1.807) is 37.4 Å². The van der Waals surface area contributed by atoms with Crippen LogP contribution in [0.5, 0.6) is 11.5 Å². The predicted octanol–water partition coefficient (Wildman–Crippen LogP) is 3.40. The summed E-state index contributed by atoms with van der Waals surface area (Å²) in [6.07, 6.45) is -4.34. The lowest BCUT2D eigenvalue weighted by molar-refractivity contribution is -0.192. The number of rotatable bonds is 14. The van der Waals surface area contributed by atoms with E-state index in [4.69, 9.17) is 39.8 Å². The van der Waals surface area contributed by atoms with Gasteiger partial charge in [0.2, 0.25) is 5.91 Å². The highest BCUT2D eigenvalue weighted by Gasteiger charge is 2.47. The number of amides is 2. The Bertz CT molecular complexity index is 1680. The number of benzene rings is 2. The van der Waals surface area contributed by atoms with Gasteiger partial charge in [0.25, 0.3) is 11.8 Å². The average Bonchev–Trinajstić information content (AvgIpc) is 3.41. The number of carbonyl (C=O) groups is 3. The summed E-state index contributed by atoms with van der Waals surface area (Å²) in [5.74, 6) is -6.12. The van der Waals surface area contributed by atoms with Gasteiger partial charge in [-0.05, 0) is 35.9 Å².